The normalized spacial score (nSPS) is 10.6. The molecule has 2 rings (SSSR count). The topological polar surface area (TPSA) is 41.6 Å². The SMILES string of the molecule is CSc1cc2cn[nH]c2cn1. The Morgan fingerprint density at radius 3 is 3.18 bits per heavy atom. The summed E-state index contributed by atoms with van der Waals surface area (Å²) in [6.07, 6.45) is 5.61. The highest BCUT2D eigenvalue weighted by molar-refractivity contribution is 7.98. The second-order valence-corrected chi connectivity index (χ2v) is 3.01. The molecule has 1 N–H and O–H groups in total. The van der Waals surface area contributed by atoms with E-state index in [0.29, 0.717) is 0 Å². The summed E-state index contributed by atoms with van der Waals surface area (Å²) in [5.41, 5.74) is 0.989. The number of hydrogen-bond donors (Lipinski definition) is 1. The van der Waals surface area contributed by atoms with Gasteiger partial charge in [-0.25, -0.2) is 4.98 Å². The third-order valence-corrected chi connectivity index (χ3v) is 2.15. The van der Waals surface area contributed by atoms with Gasteiger partial charge in [0.2, 0.25) is 0 Å². The predicted molar refractivity (Wildman–Crippen MR) is 45.7 cm³/mol. The number of nitrogens with one attached hydrogen (secondary N) is 1. The van der Waals surface area contributed by atoms with Crippen LogP contribution in [0, 0.1) is 0 Å². The van der Waals surface area contributed by atoms with Gasteiger partial charge in [-0.3, -0.25) is 5.10 Å². The Balaban J connectivity index is 2.67. The summed E-state index contributed by atoms with van der Waals surface area (Å²) >= 11 is 1.63. The van der Waals surface area contributed by atoms with Crippen molar-refractivity contribution in [1.82, 2.24) is 15.2 Å². The Kier molecular flexibility index (Phi) is 1.54. The molecule has 0 bridgehead atoms. The average molecular weight is 165 g/mol. The number of thioether (sulfide) groups is 1. The zero-order valence-electron chi connectivity index (χ0n) is 6.03. The molecule has 2 aromatic heterocycles. The summed E-state index contributed by atoms with van der Waals surface area (Å²) < 4.78 is 0. The van der Waals surface area contributed by atoms with E-state index in [1.807, 2.05) is 12.3 Å². The summed E-state index contributed by atoms with van der Waals surface area (Å²) in [4.78, 5) is 4.19. The molecule has 0 aromatic carbocycles. The van der Waals surface area contributed by atoms with Gasteiger partial charge in [0.1, 0.15) is 0 Å². The van der Waals surface area contributed by atoms with Crippen molar-refractivity contribution in [1.29, 1.82) is 0 Å². The first-order valence-electron chi connectivity index (χ1n) is 3.23. The first-order valence-corrected chi connectivity index (χ1v) is 4.46. The number of aromatic nitrogens is 3. The van der Waals surface area contributed by atoms with E-state index < -0.39 is 0 Å². The van der Waals surface area contributed by atoms with Gasteiger partial charge in [-0.2, -0.15) is 5.10 Å². The Labute approximate surface area is 68.2 Å². The number of pyridine rings is 1. The van der Waals surface area contributed by atoms with Crippen LogP contribution in [0.15, 0.2) is 23.5 Å². The van der Waals surface area contributed by atoms with E-state index in [-0.39, 0.29) is 0 Å². The van der Waals surface area contributed by atoms with Gasteiger partial charge in [0.05, 0.1) is 22.9 Å². The molecule has 2 heterocycles. The van der Waals surface area contributed by atoms with Crippen LogP contribution in [-0.2, 0) is 0 Å². The van der Waals surface area contributed by atoms with Crippen LogP contribution >= 0.6 is 11.8 Å². The van der Waals surface area contributed by atoms with Crippen molar-refractivity contribution < 1.29 is 0 Å². The fourth-order valence-corrected chi connectivity index (χ4v) is 1.34. The van der Waals surface area contributed by atoms with Gasteiger partial charge in [-0.1, -0.05) is 0 Å². The van der Waals surface area contributed by atoms with Crippen LogP contribution in [0.5, 0.6) is 0 Å². The molecule has 0 atom stereocenters. The summed E-state index contributed by atoms with van der Waals surface area (Å²) in [6.45, 7) is 0. The van der Waals surface area contributed by atoms with Crippen LogP contribution in [0.2, 0.25) is 0 Å². The molecule has 0 radical (unpaired) electrons. The lowest BCUT2D eigenvalue weighted by Gasteiger charge is -1.92. The smallest absolute Gasteiger partial charge is 0.0965 e. The molecule has 0 aliphatic heterocycles. The fraction of sp³-hybridized carbons (Fsp3) is 0.143. The van der Waals surface area contributed by atoms with Crippen molar-refractivity contribution in [3.05, 3.63) is 18.5 Å². The molecular weight excluding hydrogens is 158 g/mol. The minimum absolute atomic E-state index is 0.989. The van der Waals surface area contributed by atoms with E-state index in [9.17, 15) is 0 Å². The van der Waals surface area contributed by atoms with Gasteiger partial charge in [0.25, 0.3) is 0 Å². The standard InChI is InChI=1S/C7H7N3S/c1-11-7-2-5-3-9-10-6(5)4-8-7/h2-4H,1H3,(H,9,10). The molecule has 3 nitrogen and oxygen atoms in total. The zero-order chi connectivity index (χ0) is 7.68. The molecule has 0 fully saturated rings. The number of aromatic amines is 1. The summed E-state index contributed by atoms with van der Waals surface area (Å²) in [7, 11) is 0. The Bertz CT molecular complexity index is 368. The van der Waals surface area contributed by atoms with E-state index >= 15 is 0 Å². The van der Waals surface area contributed by atoms with Gasteiger partial charge in [-0.05, 0) is 12.3 Å². The van der Waals surface area contributed by atoms with Crippen molar-refractivity contribution in [2.75, 3.05) is 6.26 Å². The van der Waals surface area contributed by atoms with Crippen LogP contribution in [0.1, 0.15) is 0 Å². The van der Waals surface area contributed by atoms with E-state index in [2.05, 4.69) is 15.2 Å². The lowest BCUT2D eigenvalue weighted by molar-refractivity contribution is 1.10. The average Bonchev–Trinajstić information content (AvgIpc) is 2.50. The number of hydrogen-bond acceptors (Lipinski definition) is 3. The van der Waals surface area contributed by atoms with Gasteiger partial charge in [0, 0.05) is 5.39 Å². The minimum atomic E-state index is 0.989. The number of fused-ring (bicyclic) bond motifs is 1. The minimum Gasteiger partial charge on any atom is -0.276 e. The number of H-pyrrole nitrogens is 1. The van der Waals surface area contributed by atoms with Gasteiger partial charge in [-0.15, -0.1) is 11.8 Å². The molecule has 4 heteroatoms. The summed E-state index contributed by atoms with van der Waals surface area (Å²) in [6, 6.07) is 2.02. The monoisotopic (exact) mass is 165 g/mol. The van der Waals surface area contributed by atoms with Crippen LogP contribution < -0.4 is 0 Å². The third kappa shape index (κ3) is 1.09. The van der Waals surface area contributed by atoms with Gasteiger partial charge >= 0.3 is 0 Å². The largest absolute Gasteiger partial charge is 0.276 e. The highest BCUT2D eigenvalue weighted by Gasteiger charge is 1.96. The van der Waals surface area contributed by atoms with Crippen LogP contribution in [0.25, 0.3) is 10.9 Å². The molecule has 0 amide bonds. The molecule has 56 valence electrons. The maximum Gasteiger partial charge on any atom is 0.0965 e. The van der Waals surface area contributed by atoms with E-state index in [1.165, 1.54) is 0 Å². The molecule has 0 spiro atoms. The second-order valence-electron chi connectivity index (χ2n) is 2.18. The van der Waals surface area contributed by atoms with Crippen LogP contribution in [0.3, 0.4) is 0 Å². The molecule has 0 saturated heterocycles. The third-order valence-electron chi connectivity index (χ3n) is 1.51. The van der Waals surface area contributed by atoms with Crippen molar-refractivity contribution in [3.8, 4) is 0 Å². The molecular formula is C7H7N3S. The predicted octanol–water partition coefficient (Wildman–Crippen LogP) is 1.68. The van der Waals surface area contributed by atoms with Crippen LogP contribution in [-0.4, -0.2) is 21.4 Å². The number of rotatable bonds is 1. The first-order chi connectivity index (χ1) is 5.40. The molecule has 0 aliphatic rings. The molecule has 2 aromatic rings. The highest BCUT2D eigenvalue weighted by atomic mass is 32.2. The second kappa shape index (κ2) is 2.54. The lowest BCUT2D eigenvalue weighted by Crippen LogP contribution is -1.76. The quantitative estimate of drug-likeness (QED) is 0.654. The van der Waals surface area contributed by atoms with E-state index in [0.717, 1.165) is 15.9 Å². The van der Waals surface area contributed by atoms with Crippen molar-refractivity contribution in [2.24, 2.45) is 0 Å². The lowest BCUT2D eigenvalue weighted by atomic mass is 10.3. The van der Waals surface area contributed by atoms with Crippen molar-refractivity contribution in [3.63, 3.8) is 0 Å². The van der Waals surface area contributed by atoms with Crippen LogP contribution in [0.4, 0.5) is 0 Å². The first kappa shape index (κ1) is 6.67. The highest BCUT2D eigenvalue weighted by Crippen LogP contribution is 2.16. The number of nitrogens with zero attached hydrogens (tertiary/aromatic N) is 2. The maximum absolute atomic E-state index is 4.19. The molecule has 0 unspecified atom stereocenters. The Morgan fingerprint density at radius 2 is 2.36 bits per heavy atom. The summed E-state index contributed by atoms with van der Waals surface area (Å²) in [5, 5.41) is 8.89. The Morgan fingerprint density at radius 1 is 1.45 bits per heavy atom. The van der Waals surface area contributed by atoms with E-state index in [1.54, 1.807) is 24.2 Å². The molecule has 0 aliphatic carbocycles. The van der Waals surface area contributed by atoms with Gasteiger partial charge in [0.15, 0.2) is 0 Å². The van der Waals surface area contributed by atoms with Crippen molar-refractivity contribution in [2.45, 2.75) is 5.03 Å². The molecule has 11 heavy (non-hydrogen) atoms. The van der Waals surface area contributed by atoms with E-state index in [4.69, 9.17) is 0 Å². The summed E-state index contributed by atoms with van der Waals surface area (Å²) in [5.74, 6) is 0. The molecule has 0 saturated carbocycles. The zero-order valence-corrected chi connectivity index (χ0v) is 6.85. The Hall–Kier alpha value is -1.03. The fourth-order valence-electron chi connectivity index (χ4n) is 0.934. The van der Waals surface area contributed by atoms with Crippen molar-refractivity contribution >= 4 is 22.7 Å². The van der Waals surface area contributed by atoms with Gasteiger partial charge < -0.3 is 0 Å². The maximum atomic E-state index is 4.19.